The molecule has 0 spiro atoms. The zero-order valence-corrected chi connectivity index (χ0v) is 17.8. The Morgan fingerprint density at radius 1 is 1.21 bits per heavy atom. The van der Waals surface area contributed by atoms with Gasteiger partial charge in [-0.1, -0.05) is 25.4 Å². The van der Waals surface area contributed by atoms with Crippen LogP contribution < -0.4 is 10.2 Å². The van der Waals surface area contributed by atoms with Gasteiger partial charge in [0.1, 0.15) is 11.6 Å². The third-order valence-electron chi connectivity index (χ3n) is 4.80. The smallest absolute Gasteiger partial charge is 0.159 e. The number of fused-ring (bicyclic) bond motifs is 1. The van der Waals surface area contributed by atoms with Gasteiger partial charge >= 0.3 is 0 Å². The number of hydrogen-bond donors (Lipinski definition) is 1. The van der Waals surface area contributed by atoms with Crippen LogP contribution in [0.5, 0.6) is 0 Å². The molecule has 0 atom stereocenters. The van der Waals surface area contributed by atoms with Gasteiger partial charge in [0, 0.05) is 42.5 Å². The van der Waals surface area contributed by atoms with Crippen LogP contribution in [0.3, 0.4) is 0 Å². The Labute approximate surface area is 171 Å². The first-order valence-corrected chi connectivity index (χ1v) is 10.1. The number of anilines is 3. The van der Waals surface area contributed by atoms with Crippen LogP contribution in [-0.2, 0) is 11.2 Å². The molecule has 150 valence electrons. The quantitative estimate of drug-likeness (QED) is 0.554. The molecule has 1 aromatic carbocycles. The highest BCUT2D eigenvalue weighted by Crippen LogP contribution is 2.31. The number of methoxy groups -OCH3 is 1. The molecule has 6 nitrogen and oxygen atoms in total. The maximum atomic E-state index is 6.17. The molecule has 0 aliphatic heterocycles. The van der Waals surface area contributed by atoms with E-state index >= 15 is 0 Å². The molecule has 0 aliphatic carbocycles. The summed E-state index contributed by atoms with van der Waals surface area (Å²) in [7, 11) is 1.73. The average molecular weight is 402 g/mol. The second-order valence-electron chi connectivity index (χ2n) is 6.77. The second-order valence-corrected chi connectivity index (χ2v) is 7.21. The van der Waals surface area contributed by atoms with Gasteiger partial charge in [-0.15, -0.1) is 0 Å². The lowest BCUT2D eigenvalue weighted by Gasteiger charge is -2.27. The van der Waals surface area contributed by atoms with Crippen LogP contribution in [-0.4, -0.2) is 41.4 Å². The molecule has 3 aromatic rings. The maximum Gasteiger partial charge on any atom is 0.159 e. The minimum atomic E-state index is 0.657. The lowest BCUT2D eigenvalue weighted by Crippen LogP contribution is -2.31. The molecule has 28 heavy (non-hydrogen) atoms. The van der Waals surface area contributed by atoms with E-state index in [1.54, 1.807) is 13.3 Å². The zero-order chi connectivity index (χ0) is 20.1. The lowest BCUT2D eigenvalue weighted by molar-refractivity contribution is 0.205. The summed E-state index contributed by atoms with van der Waals surface area (Å²) in [5, 5.41) is 8.78. The molecule has 0 bridgehead atoms. The van der Waals surface area contributed by atoms with Crippen molar-refractivity contribution in [3.8, 4) is 0 Å². The van der Waals surface area contributed by atoms with Crippen molar-refractivity contribution in [2.45, 2.75) is 33.6 Å². The predicted octanol–water partition coefficient (Wildman–Crippen LogP) is 4.86. The van der Waals surface area contributed by atoms with Crippen LogP contribution in [0.25, 0.3) is 5.65 Å². The second kappa shape index (κ2) is 9.26. The molecule has 0 amide bonds. The standard InChI is InChI=1S/C21H28ClN5O/c1-5-11-26(12-13-28-4)21-15(3)20(25-19-9-10-23-27(19)21)24-18-8-7-17(22)14-16(18)6-2/h7-10,14H,5-6,11-13H2,1-4H3,(H,24,25). The van der Waals surface area contributed by atoms with E-state index in [2.05, 4.69) is 36.1 Å². The molecule has 7 heteroatoms. The fourth-order valence-corrected chi connectivity index (χ4v) is 3.59. The number of nitrogens with zero attached hydrogens (tertiary/aromatic N) is 4. The lowest BCUT2D eigenvalue weighted by atomic mass is 10.1. The van der Waals surface area contributed by atoms with Gasteiger partial charge in [-0.3, -0.25) is 0 Å². The van der Waals surface area contributed by atoms with Crippen LogP contribution in [0.2, 0.25) is 5.02 Å². The minimum absolute atomic E-state index is 0.657. The first-order chi connectivity index (χ1) is 13.6. The van der Waals surface area contributed by atoms with E-state index in [4.69, 9.17) is 21.3 Å². The van der Waals surface area contributed by atoms with E-state index in [0.29, 0.717) is 6.61 Å². The number of benzene rings is 1. The molecule has 0 saturated carbocycles. The normalized spacial score (nSPS) is 11.2. The topological polar surface area (TPSA) is 54.7 Å². The summed E-state index contributed by atoms with van der Waals surface area (Å²) in [5.74, 6) is 1.88. The van der Waals surface area contributed by atoms with Gasteiger partial charge in [0.05, 0.1) is 12.8 Å². The molecule has 0 aliphatic rings. The Hall–Kier alpha value is -2.31. The fourth-order valence-electron chi connectivity index (χ4n) is 3.40. The summed E-state index contributed by atoms with van der Waals surface area (Å²) in [6, 6.07) is 7.84. The molecule has 2 aromatic heterocycles. The number of halogens is 1. The molecule has 2 heterocycles. The van der Waals surface area contributed by atoms with Crippen molar-refractivity contribution in [3.63, 3.8) is 0 Å². The largest absolute Gasteiger partial charge is 0.383 e. The Kier molecular flexibility index (Phi) is 6.75. The SMILES string of the molecule is CCCN(CCOC)c1c(C)c(Nc2ccc(Cl)cc2CC)nc2ccnn12. The number of nitrogens with one attached hydrogen (secondary N) is 1. The summed E-state index contributed by atoms with van der Waals surface area (Å²) in [4.78, 5) is 7.12. The van der Waals surface area contributed by atoms with Gasteiger partial charge < -0.3 is 15.0 Å². The van der Waals surface area contributed by atoms with Gasteiger partial charge in [0.2, 0.25) is 0 Å². The van der Waals surface area contributed by atoms with Crippen molar-refractivity contribution < 1.29 is 4.74 Å². The first-order valence-electron chi connectivity index (χ1n) is 9.72. The van der Waals surface area contributed by atoms with E-state index < -0.39 is 0 Å². The highest BCUT2D eigenvalue weighted by Gasteiger charge is 2.19. The van der Waals surface area contributed by atoms with E-state index in [-0.39, 0.29) is 0 Å². The van der Waals surface area contributed by atoms with E-state index in [0.717, 1.165) is 65.1 Å². The number of aryl methyl sites for hydroxylation is 1. The Bertz CT molecular complexity index is 940. The number of hydrogen-bond acceptors (Lipinski definition) is 5. The maximum absolute atomic E-state index is 6.17. The monoisotopic (exact) mass is 401 g/mol. The molecular formula is C21H28ClN5O. The molecular weight excluding hydrogens is 374 g/mol. The fraction of sp³-hybridized carbons (Fsp3) is 0.429. The third-order valence-corrected chi connectivity index (χ3v) is 5.04. The highest BCUT2D eigenvalue weighted by atomic mass is 35.5. The summed E-state index contributed by atoms with van der Waals surface area (Å²) >= 11 is 6.17. The molecule has 0 fully saturated rings. The van der Waals surface area contributed by atoms with E-state index in [1.807, 2.05) is 28.8 Å². The predicted molar refractivity (Wildman–Crippen MR) is 116 cm³/mol. The van der Waals surface area contributed by atoms with Crippen LogP contribution in [0.15, 0.2) is 30.5 Å². The summed E-state index contributed by atoms with van der Waals surface area (Å²) < 4.78 is 7.24. The zero-order valence-electron chi connectivity index (χ0n) is 17.0. The van der Waals surface area contributed by atoms with Crippen molar-refractivity contribution in [2.24, 2.45) is 0 Å². The van der Waals surface area contributed by atoms with Crippen LogP contribution in [0.1, 0.15) is 31.4 Å². The number of aromatic nitrogens is 3. The first kappa shape index (κ1) is 20.4. The summed E-state index contributed by atoms with van der Waals surface area (Å²) in [6.45, 7) is 8.76. The Morgan fingerprint density at radius 2 is 2.04 bits per heavy atom. The van der Waals surface area contributed by atoms with Gasteiger partial charge in [0.25, 0.3) is 0 Å². The van der Waals surface area contributed by atoms with Gasteiger partial charge in [-0.2, -0.15) is 9.61 Å². The Morgan fingerprint density at radius 3 is 2.75 bits per heavy atom. The van der Waals surface area contributed by atoms with Crippen molar-refractivity contribution in [2.75, 3.05) is 37.0 Å². The number of ether oxygens (including phenoxy) is 1. The molecule has 1 N–H and O–H groups in total. The van der Waals surface area contributed by atoms with Crippen molar-refractivity contribution in [3.05, 3.63) is 46.6 Å². The molecule has 0 radical (unpaired) electrons. The van der Waals surface area contributed by atoms with Gasteiger partial charge in [0.15, 0.2) is 5.65 Å². The molecule has 0 unspecified atom stereocenters. The van der Waals surface area contributed by atoms with Crippen LogP contribution in [0.4, 0.5) is 17.3 Å². The summed E-state index contributed by atoms with van der Waals surface area (Å²) in [5.41, 5.74) is 4.05. The van der Waals surface area contributed by atoms with Crippen molar-refractivity contribution >= 4 is 34.6 Å². The van der Waals surface area contributed by atoms with Gasteiger partial charge in [-0.25, -0.2) is 4.98 Å². The minimum Gasteiger partial charge on any atom is -0.383 e. The summed E-state index contributed by atoms with van der Waals surface area (Å²) in [6.07, 6.45) is 3.71. The third kappa shape index (κ3) is 4.23. The van der Waals surface area contributed by atoms with Crippen molar-refractivity contribution in [1.82, 2.24) is 14.6 Å². The van der Waals surface area contributed by atoms with E-state index in [1.165, 1.54) is 0 Å². The van der Waals surface area contributed by atoms with Crippen LogP contribution >= 0.6 is 11.6 Å². The van der Waals surface area contributed by atoms with Gasteiger partial charge in [-0.05, 0) is 43.5 Å². The van der Waals surface area contributed by atoms with Crippen LogP contribution in [0, 0.1) is 6.92 Å². The molecule has 3 rings (SSSR count). The number of rotatable bonds is 9. The molecule has 0 saturated heterocycles. The highest BCUT2D eigenvalue weighted by molar-refractivity contribution is 6.30. The Balaban J connectivity index is 2.08. The average Bonchev–Trinajstić information content (AvgIpc) is 3.15. The van der Waals surface area contributed by atoms with E-state index in [9.17, 15) is 0 Å². The van der Waals surface area contributed by atoms with Crippen molar-refractivity contribution in [1.29, 1.82) is 0 Å².